The monoisotopic (exact) mass is 251 g/mol. The number of benzene rings is 1. The molecule has 0 N–H and O–H groups in total. The molecule has 2 unspecified atom stereocenters. The molecule has 2 rings (SSSR count). The molecule has 1 saturated heterocycles. The van der Waals surface area contributed by atoms with Crippen molar-refractivity contribution in [2.75, 3.05) is 0 Å². The predicted octanol–water partition coefficient (Wildman–Crippen LogP) is 3.28. The minimum Gasteiger partial charge on any atom is -0.597 e. The van der Waals surface area contributed by atoms with E-state index in [4.69, 9.17) is 0 Å². The highest BCUT2D eigenvalue weighted by molar-refractivity contribution is 7.90. The van der Waals surface area contributed by atoms with Crippen LogP contribution in [-0.4, -0.2) is 19.6 Å². The lowest BCUT2D eigenvalue weighted by molar-refractivity contribution is 0.508. The van der Waals surface area contributed by atoms with E-state index in [2.05, 4.69) is 35.5 Å². The van der Waals surface area contributed by atoms with Crippen molar-refractivity contribution in [2.45, 2.75) is 50.9 Å². The van der Waals surface area contributed by atoms with Crippen molar-refractivity contribution in [3.8, 4) is 0 Å². The van der Waals surface area contributed by atoms with E-state index in [9.17, 15) is 4.55 Å². The van der Waals surface area contributed by atoms with Crippen LogP contribution in [0.2, 0.25) is 0 Å². The number of hydrogen-bond donors (Lipinski definition) is 0. The van der Waals surface area contributed by atoms with Crippen LogP contribution in [0.15, 0.2) is 30.3 Å². The normalized spacial score (nSPS) is 30.1. The van der Waals surface area contributed by atoms with Crippen LogP contribution >= 0.6 is 0 Å². The van der Waals surface area contributed by atoms with Crippen molar-refractivity contribution >= 4 is 11.4 Å². The van der Waals surface area contributed by atoms with Gasteiger partial charge in [0.2, 0.25) is 0 Å². The van der Waals surface area contributed by atoms with Crippen LogP contribution < -0.4 is 0 Å². The predicted molar refractivity (Wildman–Crippen MR) is 73.0 cm³/mol. The molecule has 0 spiro atoms. The summed E-state index contributed by atoms with van der Waals surface area (Å²) in [6.45, 7) is 8.28. The van der Waals surface area contributed by atoms with Crippen LogP contribution in [0.5, 0.6) is 0 Å². The van der Waals surface area contributed by atoms with Gasteiger partial charge in [0.1, 0.15) is 10.8 Å². The van der Waals surface area contributed by atoms with Crippen LogP contribution in [0.4, 0.5) is 0 Å². The Morgan fingerprint density at radius 1 is 1.24 bits per heavy atom. The Morgan fingerprint density at radius 3 is 2.29 bits per heavy atom. The molecule has 1 aliphatic rings. The standard InChI is InChI=1S/C14H21NOS/c1-5-12-13(11-9-7-6-8-10-11)15(12)17(16)14(2,3)4/h6-10,12-13H,5H2,1-4H3/t12-,13+,15?,17?/m0/s1. The Bertz CT molecular complexity index is 374. The maximum atomic E-state index is 12.4. The highest BCUT2D eigenvalue weighted by Crippen LogP contribution is 2.49. The van der Waals surface area contributed by atoms with Crippen molar-refractivity contribution in [1.82, 2.24) is 4.31 Å². The van der Waals surface area contributed by atoms with Gasteiger partial charge < -0.3 is 4.55 Å². The van der Waals surface area contributed by atoms with Gasteiger partial charge in [0.15, 0.2) is 0 Å². The van der Waals surface area contributed by atoms with Crippen LogP contribution in [0.25, 0.3) is 0 Å². The fourth-order valence-electron chi connectivity index (χ4n) is 2.22. The zero-order valence-electron chi connectivity index (χ0n) is 11.0. The largest absolute Gasteiger partial charge is 0.597 e. The Morgan fingerprint density at radius 2 is 1.82 bits per heavy atom. The van der Waals surface area contributed by atoms with Gasteiger partial charge in [0.05, 0.1) is 6.04 Å². The van der Waals surface area contributed by atoms with Gasteiger partial charge in [-0.3, -0.25) is 0 Å². The molecule has 0 radical (unpaired) electrons. The maximum Gasteiger partial charge on any atom is 0.137 e. The van der Waals surface area contributed by atoms with E-state index < -0.39 is 11.4 Å². The minimum atomic E-state index is -0.905. The topological polar surface area (TPSA) is 26.1 Å². The third kappa shape index (κ3) is 2.51. The summed E-state index contributed by atoms with van der Waals surface area (Å²) in [5, 5.41) is 0. The molecular weight excluding hydrogens is 230 g/mol. The Balaban J connectivity index is 2.16. The third-order valence-electron chi connectivity index (χ3n) is 3.15. The first-order valence-corrected chi connectivity index (χ1v) is 7.32. The van der Waals surface area contributed by atoms with Crippen molar-refractivity contribution in [3.63, 3.8) is 0 Å². The minimum absolute atomic E-state index is 0.170. The molecule has 1 aromatic carbocycles. The molecule has 17 heavy (non-hydrogen) atoms. The van der Waals surface area contributed by atoms with Gasteiger partial charge in [-0.2, -0.15) is 0 Å². The van der Waals surface area contributed by atoms with Crippen LogP contribution in [0, 0.1) is 0 Å². The SMILES string of the molecule is CC[C@H]1[C@@H](c2ccccc2)N1[S+]([O-])C(C)(C)C. The summed E-state index contributed by atoms with van der Waals surface area (Å²) in [7, 11) is 0. The highest BCUT2D eigenvalue weighted by atomic mass is 32.2. The average Bonchev–Trinajstić information content (AvgIpc) is 3.02. The van der Waals surface area contributed by atoms with Gasteiger partial charge in [-0.15, -0.1) is 4.31 Å². The lowest BCUT2D eigenvalue weighted by Crippen LogP contribution is -2.34. The van der Waals surface area contributed by atoms with Crippen LogP contribution in [0.3, 0.4) is 0 Å². The second-order valence-electron chi connectivity index (χ2n) is 5.55. The molecule has 4 atom stereocenters. The Hall–Kier alpha value is -0.510. The molecular formula is C14H21NOS. The van der Waals surface area contributed by atoms with E-state index >= 15 is 0 Å². The Labute approximate surface area is 107 Å². The van der Waals surface area contributed by atoms with E-state index in [1.165, 1.54) is 5.56 Å². The smallest absolute Gasteiger partial charge is 0.137 e. The van der Waals surface area contributed by atoms with Crippen molar-refractivity contribution in [1.29, 1.82) is 0 Å². The van der Waals surface area contributed by atoms with Gasteiger partial charge in [-0.1, -0.05) is 37.3 Å². The van der Waals surface area contributed by atoms with Crippen molar-refractivity contribution < 1.29 is 4.55 Å². The van der Waals surface area contributed by atoms with Gasteiger partial charge in [-0.05, 0) is 32.8 Å². The quantitative estimate of drug-likeness (QED) is 0.608. The second kappa shape index (κ2) is 4.63. The van der Waals surface area contributed by atoms with E-state index in [-0.39, 0.29) is 4.75 Å². The van der Waals surface area contributed by atoms with Crippen LogP contribution in [-0.2, 0) is 11.4 Å². The average molecular weight is 251 g/mol. The third-order valence-corrected chi connectivity index (χ3v) is 5.08. The zero-order chi connectivity index (χ0) is 12.6. The van der Waals surface area contributed by atoms with Gasteiger partial charge in [0.25, 0.3) is 0 Å². The molecule has 3 heteroatoms. The van der Waals surface area contributed by atoms with Gasteiger partial charge >= 0.3 is 0 Å². The maximum absolute atomic E-state index is 12.4. The Kier molecular flexibility index (Phi) is 3.53. The summed E-state index contributed by atoms with van der Waals surface area (Å²) < 4.78 is 14.4. The van der Waals surface area contributed by atoms with Crippen LogP contribution in [0.1, 0.15) is 45.7 Å². The molecule has 0 saturated carbocycles. The first-order valence-electron chi connectivity index (χ1n) is 6.22. The fraction of sp³-hybridized carbons (Fsp3) is 0.571. The lowest BCUT2D eigenvalue weighted by atomic mass is 10.1. The number of rotatable bonds is 3. The molecule has 0 amide bonds. The molecule has 0 aliphatic carbocycles. The summed E-state index contributed by atoms with van der Waals surface area (Å²) in [5.41, 5.74) is 1.29. The van der Waals surface area contributed by atoms with Crippen molar-refractivity contribution in [3.05, 3.63) is 35.9 Å². The van der Waals surface area contributed by atoms with E-state index in [0.717, 1.165) is 6.42 Å². The molecule has 1 aromatic rings. The summed E-state index contributed by atoms with van der Waals surface area (Å²) in [6.07, 6.45) is 1.06. The number of nitrogens with zero attached hydrogens (tertiary/aromatic N) is 1. The van der Waals surface area contributed by atoms with Gasteiger partial charge in [-0.25, -0.2) is 0 Å². The molecule has 1 aliphatic heterocycles. The van der Waals surface area contributed by atoms with E-state index in [1.54, 1.807) is 0 Å². The summed E-state index contributed by atoms with van der Waals surface area (Å²) in [4.78, 5) is 0. The van der Waals surface area contributed by atoms with Crippen molar-refractivity contribution in [2.24, 2.45) is 0 Å². The van der Waals surface area contributed by atoms with E-state index in [1.807, 2.05) is 26.8 Å². The summed E-state index contributed by atoms with van der Waals surface area (Å²) >= 11 is -0.905. The summed E-state index contributed by atoms with van der Waals surface area (Å²) in [6, 6.07) is 11.2. The zero-order valence-corrected chi connectivity index (χ0v) is 11.8. The molecule has 0 bridgehead atoms. The highest BCUT2D eigenvalue weighted by Gasteiger charge is 2.58. The molecule has 1 fully saturated rings. The number of hydrogen-bond acceptors (Lipinski definition) is 2. The first-order chi connectivity index (χ1) is 7.96. The van der Waals surface area contributed by atoms with E-state index in [0.29, 0.717) is 12.1 Å². The molecule has 1 heterocycles. The summed E-state index contributed by atoms with van der Waals surface area (Å²) in [5.74, 6) is 0. The van der Waals surface area contributed by atoms with Gasteiger partial charge in [0, 0.05) is 11.4 Å². The second-order valence-corrected chi connectivity index (χ2v) is 7.70. The molecule has 2 nitrogen and oxygen atoms in total. The molecule has 94 valence electrons. The first kappa shape index (κ1) is 12.9. The lowest BCUT2D eigenvalue weighted by Gasteiger charge is -2.24. The fourth-order valence-corrected chi connectivity index (χ4v) is 3.78. The molecule has 0 aromatic heterocycles.